The smallest absolute Gasteiger partial charge is 0.404 e. The molecule has 2 heterocycles. The molecule has 28 heavy (non-hydrogen) atoms. The van der Waals surface area contributed by atoms with Gasteiger partial charge in [-0.2, -0.15) is 4.98 Å². The normalized spacial score (nSPS) is 15.8. The molecule has 1 aliphatic rings. The van der Waals surface area contributed by atoms with Crippen molar-refractivity contribution in [1.29, 1.82) is 0 Å². The third kappa shape index (κ3) is 3.28. The number of methoxy groups -OCH3 is 1. The van der Waals surface area contributed by atoms with E-state index >= 15 is 0 Å². The molecule has 3 aromatic rings. The highest BCUT2D eigenvalue weighted by Crippen LogP contribution is 2.32. The molecule has 2 aromatic heterocycles. The molecule has 0 radical (unpaired) electrons. The van der Waals surface area contributed by atoms with Crippen molar-refractivity contribution < 1.29 is 14.6 Å². The van der Waals surface area contributed by atoms with E-state index in [4.69, 9.17) is 9.84 Å². The fourth-order valence-electron chi connectivity index (χ4n) is 3.80. The van der Waals surface area contributed by atoms with Gasteiger partial charge in [-0.1, -0.05) is 6.07 Å². The van der Waals surface area contributed by atoms with Crippen LogP contribution in [0.1, 0.15) is 29.9 Å². The van der Waals surface area contributed by atoms with Gasteiger partial charge in [0, 0.05) is 18.5 Å². The highest BCUT2D eigenvalue weighted by Gasteiger charge is 2.22. The Kier molecular flexibility index (Phi) is 4.68. The van der Waals surface area contributed by atoms with Gasteiger partial charge in [-0.15, -0.1) is 0 Å². The van der Waals surface area contributed by atoms with Gasteiger partial charge in [-0.05, 0) is 48.6 Å². The molecule has 4 rings (SSSR count). The lowest BCUT2D eigenvalue weighted by molar-refractivity contribution is 0.193. The van der Waals surface area contributed by atoms with Gasteiger partial charge in [-0.25, -0.2) is 9.78 Å². The summed E-state index contributed by atoms with van der Waals surface area (Å²) in [6.07, 6.45) is 3.07. The summed E-state index contributed by atoms with van der Waals surface area (Å²) in [6.45, 7) is 0.387. The first kappa shape index (κ1) is 18.0. The molecule has 144 valence electrons. The number of ether oxygens (including phenoxy) is 1. The van der Waals surface area contributed by atoms with Gasteiger partial charge in [0.2, 0.25) is 5.88 Å². The van der Waals surface area contributed by atoms with E-state index in [1.165, 1.54) is 17.9 Å². The summed E-state index contributed by atoms with van der Waals surface area (Å²) in [6, 6.07) is 9.32. The number of amides is 1. The molecule has 1 aliphatic carbocycles. The number of hydrogen-bond acceptors (Lipinski definition) is 5. The maximum absolute atomic E-state index is 12.6. The molecule has 2 N–H and O–H groups in total. The number of benzene rings is 1. The van der Waals surface area contributed by atoms with Crippen molar-refractivity contribution in [3.8, 4) is 11.6 Å². The molecule has 1 aromatic carbocycles. The first-order chi connectivity index (χ1) is 13.6. The van der Waals surface area contributed by atoms with Crippen molar-refractivity contribution in [1.82, 2.24) is 19.9 Å². The van der Waals surface area contributed by atoms with Crippen LogP contribution in [0.25, 0.3) is 16.9 Å². The number of nitrogens with one attached hydrogen (secondary N) is 1. The fraction of sp³-hybridized carbons (Fsp3) is 0.300. The standard InChI is InChI=1S/C20H20N4O4/c1-28-17-8-7-16-19(23-17)24(18(25)11-21-16)14-5-6-15-12(9-14)3-2-4-13(15)10-22-20(26)27/h5-9,11,13,22H,2-4,10H2,1H3,(H,26,27). The van der Waals surface area contributed by atoms with E-state index < -0.39 is 6.09 Å². The molecule has 0 spiro atoms. The molecule has 0 saturated heterocycles. The predicted octanol–water partition coefficient (Wildman–Crippen LogP) is 2.48. The Hall–Kier alpha value is -3.42. The quantitative estimate of drug-likeness (QED) is 0.720. The summed E-state index contributed by atoms with van der Waals surface area (Å²) in [5.41, 5.74) is 3.73. The number of pyridine rings is 1. The summed E-state index contributed by atoms with van der Waals surface area (Å²) in [5, 5.41) is 11.4. The zero-order valence-electron chi connectivity index (χ0n) is 15.4. The number of aryl methyl sites for hydroxylation is 1. The van der Waals surface area contributed by atoms with E-state index in [0.29, 0.717) is 29.3 Å². The summed E-state index contributed by atoms with van der Waals surface area (Å²) in [5.74, 6) is 0.546. The van der Waals surface area contributed by atoms with Gasteiger partial charge >= 0.3 is 6.09 Å². The number of aromatic nitrogens is 3. The van der Waals surface area contributed by atoms with Gasteiger partial charge in [0.25, 0.3) is 5.56 Å². The molecule has 8 heteroatoms. The van der Waals surface area contributed by atoms with E-state index in [-0.39, 0.29) is 11.5 Å². The second kappa shape index (κ2) is 7.30. The van der Waals surface area contributed by atoms with Crippen LogP contribution in [0.3, 0.4) is 0 Å². The number of hydrogen-bond donors (Lipinski definition) is 2. The predicted molar refractivity (Wildman–Crippen MR) is 103 cm³/mol. The fourth-order valence-corrected chi connectivity index (χ4v) is 3.80. The van der Waals surface area contributed by atoms with Crippen molar-refractivity contribution in [2.75, 3.05) is 13.7 Å². The van der Waals surface area contributed by atoms with Crippen LogP contribution in [0.4, 0.5) is 4.79 Å². The molecular weight excluding hydrogens is 360 g/mol. The lowest BCUT2D eigenvalue weighted by Crippen LogP contribution is -2.28. The van der Waals surface area contributed by atoms with Crippen LogP contribution >= 0.6 is 0 Å². The number of rotatable bonds is 4. The Morgan fingerprint density at radius 1 is 1.36 bits per heavy atom. The minimum absolute atomic E-state index is 0.137. The minimum Gasteiger partial charge on any atom is -0.481 e. The zero-order valence-corrected chi connectivity index (χ0v) is 15.4. The highest BCUT2D eigenvalue weighted by molar-refractivity contribution is 5.73. The average molecular weight is 380 g/mol. The molecule has 0 bridgehead atoms. The van der Waals surface area contributed by atoms with E-state index in [1.807, 2.05) is 18.2 Å². The zero-order chi connectivity index (χ0) is 19.7. The van der Waals surface area contributed by atoms with Crippen molar-refractivity contribution in [3.63, 3.8) is 0 Å². The first-order valence-electron chi connectivity index (χ1n) is 9.09. The summed E-state index contributed by atoms with van der Waals surface area (Å²) < 4.78 is 6.73. The van der Waals surface area contributed by atoms with Gasteiger partial charge in [0.15, 0.2) is 5.65 Å². The van der Waals surface area contributed by atoms with Gasteiger partial charge in [0.1, 0.15) is 5.52 Å². The number of carboxylic acid groups (broad SMARTS) is 1. The molecule has 0 saturated carbocycles. The van der Waals surface area contributed by atoms with Crippen LogP contribution in [-0.4, -0.2) is 39.4 Å². The van der Waals surface area contributed by atoms with Crippen LogP contribution < -0.4 is 15.6 Å². The SMILES string of the molecule is COc1ccc2ncc(=O)n(-c3ccc4c(c3)CCCC4CNC(=O)O)c2n1. The third-order valence-corrected chi connectivity index (χ3v) is 5.11. The average Bonchev–Trinajstić information content (AvgIpc) is 2.71. The van der Waals surface area contributed by atoms with Crippen molar-refractivity contribution in [2.24, 2.45) is 0 Å². The Labute approximate surface area is 160 Å². The van der Waals surface area contributed by atoms with E-state index in [1.54, 1.807) is 12.1 Å². The molecule has 1 atom stereocenters. The van der Waals surface area contributed by atoms with E-state index in [9.17, 15) is 9.59 Å². The number of fused-ring (bicyclic) bond motifs is 2. The Morgan fingerprint density at radius 3 is 3.00 bits per heavy atom. The van der Waals surface area contributed by atoms with Crippen LogP contribution in [0, 0.1) is 0 Å². The summed E-state index contributed by atoms with van der Waals surface area (Å²) >= 11 is 0. The monoisotopic (exact) mass is 380 g/mol. The second-order valence-corrected chi connectivity index (χ2v) is 6.79. The van der Waals surface area contributed by atoms with Crippen LogP contribution in [0.15, 0.2) is 41.3 Å². The van der Waals surface area contributed by atoms with Gasteiger partial charge in [0.05, 0.1) is 19.0 Å². The topological polar surface area (TPSA) is 106 Å². The molecule has 0 aliphatic heterocycles. The van der Waals surface area contributed by atoms with Gasteiger partial charge in [-0.3, -0.25) is 9.36 Å². The van der Waals surface area contributed by atoms with E-state index in [0.717, 1.165) is 30.4 Å². The lowest BCUT2D eigenvalue weighted by Gasteiger charge is -2.26. The largest absolute Gasteiger partial charge is 0.481 e. The van der Waals surface area contributed by atoms with Gasteiger partial charge < -0.3 is 15.2 Å². The van der Waals surface area contributed by atoms with Crippen LogP contribution in [-0.2, 0) is 6.42 Å². The van der Waals surface area contributed by atoms with Crippen LogP contribution in [0.5, 0.6) is 5.88 Å². The summed E-state index contributed by atoms with van der Waals surface area (Å²) in [7, 11) is 1.52. The van der Waals surface area contributed by atoms with E-state index in [2.05, 4.69) is 15.3 Å². The highest BCUT2D eigenvalue weighted by atomic mass is 16.5. The van der Waals surface area contributed by atoms with Crippen LogP contribution in [0.2, 0.25) is 0 Å². The third-order valence-electron chi connectivity index (χ3n) is 5.11. The van der Waals surface area contributed by atoms with Crippen molar-refractivity contribution in [3.05, 3.63) is 58.0 Å². The first-order valence-corrected chi connectivity index (χ1v) is 9.09. The molecular formula is C20H20N4O4. The maximum Gasteiger partial charge on any atom is 0.404 e. The minimum atomic E-state index is -1.02. The van der Waals surface area contributed by atoms with Crippen molar-refractivity contribution in [2.45, 2.75) is 25.2 Å². The maximum atomic E-state index is 12.6. The molecule has 1 unspecified atom stereocenters. The second-order valence-electron chi connectivity index (χ2n) is 6.79. The number of nitrogens with zero attached hydrogens (tertiary/aromatic N) is 3. The molecule has 0 fully saturated rings. The summed E-state index contributed by atoms with van der Waals surface area (Å²) in [4.78, 5) is 32.0. The lowest BCUT2D eigenvalue weighted by atomic mass is 9.82. The van der Waals surface area contributed by atoms with Crippen molar-refractivity contribution >= 4 is 17.3 Å². The Bertz CT molecular complexity index is 1110. The Balaban J connectivity index is 1.80. The molecule has 8 nitrogen and oxygen atoms in total. The molecule has 1 amide bonds. The number of carbonyl (C=O) groups is 1. The Morgan fingerprint density at radius 2 is 2.21 bits per heavy atom.